The lowest BCUT2D eigenvalue weighted by atomic mass is 9.98. The summed E-state index contributed by atoms with van der Waals surface area (Å²) in [7, 11) is 0. The van der Waals surface area contributed by atoms with Crippen molar-refractivity contribution in [3.05, 3.63) is 48.6 Å². The van der Waals surface area contributed by atoms with Crippen LogP contribution in [0.3, 0.4) is 0 Å². The normalized spacial score (nSPS) is 26.6. The molecule has 0 radical (unpaired) electrons. The van der Waals surface area contributed by atoms with Crippen molar-refractivity contribution in [3.63, 3.8) is 0 Å². The third kappa shape index (κ3) is 26.3. The second-order valence-electron chi connectivity index (χ2n) is 17.7. The topological polar surface area (TPSA) is 231 Å². The molecule has 2 aliphatic heterocycles. The van der Waals surface area contributed by atoms with E-state index in [2.05, 4.69) is 38.2 Å². The number of ether oxygens (including phenoxy) is 6. The number of hydrogen-bond donors (Lipinski definition) is 7. The number of esters is 2. The van der Waals surface area contributed by atoms with Crippen molar-refractivity contribution < 1.29 is 73.8 Å². The number of unbranched alkanes of at least 4 members (excludes halogenated alkanes) is 19. The van der Waals surface area contributed by atoms with Crippen LogP contribution in [0.2, 0.25) is 0 Å². The second-order valence-corrected chi connectivity index (χ2v) is 17.7. The van der Waals surface area contributed by atoms with Crippen molar-refractivity contribution >= 4 is 11.9 Å². The molecule has 0 aromatic carbocycles. The summed E-state index contributed by atoms with van der Waals surface area (Å²) >= 11 is 0. The molecule has 0 spiro atoms. The van der Waals surface area contributed by atoms with Crippen molar-refractivity contribution in [1.29, 1.82) is 0 Å². The van der Waals surface area contributed by atoms with Gasteiger partial charge in [0.05, 0.1) is 19.8 Å². The molecule has 2 aliphatic rings. The van der Waals surface area contributed by atoms with E-state index in [1.54, 1.807) is 12.2 Å². The molecule has 0 bridgehead atoms. The van der Waals surface area contributed by atoms with Gasteiger partial charge in [0.1, 0.15) is 55.4 Å². The summed E-state index contributed by atoms with van der Waals surface area (Å²) in [6.45, 7) is 2.42. The van der Waals surface area contributed by atoms with Gasteiger partial charge in [0.25, 0.3) is 0 Å². The fourth-order valence-corrected chi connectivity index (χ4v) is 7.68. The molecule has 0 aromatic heterocycles. The molecule has 11 atom stereocenters. The molecule has 15 nitrogen and oxygen atoms in total. The highest BCUT2D eigenvalue weighted by molar-refractivity contribution is 5.82. The van der Waals surface area contributed by atoms with Crippen LogP contribution in [-0.2, 0) is 38.0 Å². The van der Waals surface area contributed by atoms with Crippen molar-refractivity contribution in [3.8, 4) is 0 Å². The summed E-state index contributed by atoms with van der Waals surface area (Å²) in [5.74, 6) is -1.19. The van der Waals surface area contributed by atoms with Crippen molar-refractivity contribution in [1.82, 2.24) is 0 Å². The summed E-state index contributed by atoms with van der Waals surface area (Å²) in [5, 5.41) is 72.0. The first kappa shape index (κ1) is 59.6. The van der Waals surface area contributed by atoms with Crippen LogP contribution in [0.25, 0.3) is 0 Å². The van der Waals surface area contributed by atoms with Crippen molar-refractivity contribution in [2.24, 2.45) is 0 Å². The molecule has 2 heterocycles. The zero-order valence-electron chi connectivity index (χ0n) is 40.2. The van der Waals surface area contributed by atoms with E-state index >= 15 is 0 Å². The Balaban J connectivity index is 1.86. The first-order valence-corrected chi connectivity index (χ1v) is 25.3. The SMILES string of the molecule is CCCCC/C=C/C/C=C/CCCCCCCC(=O)OC[C@H](CO[C@@H]1O[C@H](CO[C@@H]2O[C@H](CO)[C@H](O)C(O)C2O)[C@H](O)C(O)C1O)OC(=O)/C=C/C=C/CCCCCCCCCCCCC. The lowest BCUT2D eigenvalue weighted by molar-refractivity contribution is -0.332. The minimum Gasteiger partial charge on any atom is -0.462 e. The van der Waals surface area contributed by atoms with Crippen LogP contribution in [0.1, 0.15) is 168 Å². The first-order valence-electron chi connectivity index (χ1n) is 25.3. The molecular formula is C51H88O15. The Morgan fingerprint density at radius 3 is 1.61 bits per heavy atom. The van der Waals surface area contributed by atoms with Gasteiger partial charge < -0.3 is 64.2 Å². The average molecular weight is 941 g/mol. The zero-order valence-corrected chi connectivity index (χ0v) is 40.2. The van der Waals surface area contributed by atoms with Gasteiger partial charge in [-0.3, -0.25) is 4.79 Å². The van der Waals surface area contributed by atoms with Crippen LogP contribution in [0, 0.1) is 0 Å². The van der Waals surface area contributed by atoms with Crippen LogP contribution in [0.4, 0.5) is 0 Å². The minimum atomic E-state index is -1.78. The van der Waals surface area contributed by atoms with Crippen molar-refractivity contribution in [2.45, 2.75) is 235 Å². The minimum absolute atomic E-state index is 0.181. The maximum Gasteiger partial charge on any atom is 0.331 e. The third-order valence-electron chi connectivity index (χ3n) is 11.9. The lowest BCUT2D eigenvalue weighted by Crippen LogP contribution is -2.61. The third-order valence-corrected chi connectivity index (χ3v) is 11.9. The molecule has 2 saturated heterocycles. The molecule has 2 rings (SSSR count). The van der Waals surface area contributed by atoms with Gasteiger partial charge in [0.2, 0.25) is 0 Å². The standard InChI is InChI=1S/C51H88O15/c1-3-5-7-9-11-13-15-17-19-21-23-25-27-29-31-33-42(53)61-36-39(64-43(54)34-32-30-28-26-24-22-20-18-16-14-12-10-8-6-4-2)37-62-50-49(60)47(58)45(56)41(66-50)38-63-51-48(59)46(57)44(55)40(35-52)65-51/h11,13,17,19,28,30,32,34,39-41,44-52,55-60H,3-10,12,14-16,18,20-27,29,31,33,35-38H2,1-2H3/b13-11+,19-17+,30-28+,34-32+/t39-,40-,41-,44+,45+,46?,47?,48?,49?,50-,51-/m1/s1. The predicted octanol–water partition coefficient (Wildman–Crippen LogP) is 6.71. The van der Waals surface area contributed by atoms with Gasteiger partial charge in [0, 0.05) is 12.5 Å². The van der Waals surface area contributed by atoms with E-state index in [0.717, 1.165) is 64.2 Å². The highest BCUT2D eigenvalue weighted by atomic mass is 16.7. The van der Waals surface area contributed by atoms with E-state index in [1.165, 1.54) is 83.1 Å². The number of carbonyl (C=O) groups excluding carboxylic acids is 2. The number of rotatable bonds is 38. The Kier molecular flexibility index (Phi) is 34.6. The zero-order chi connectivity index (χ0) is 48.2. The predicted molar refractivity (Wildman–Crippen MR) is 252 cm³/mol. The Hall–Kier alpha value is -2.54. The Morgan fingerprint density at radius 1 is 0.530 bits per heavy atom. The molecule has 0 amide bonds. The van der Waals surface area contributed by atoms with E-state index in [9.17, 15) is 45.3 Å². The van der Waals surface area contributed by atoms with Gasteiger partial charge in [-0.2, -0.15) is 0 Å². The first-order chi connectivity index (χ1) is 32.0. The van der Waals surface area contributed by atoms with E-state index < -0.39 is 99.3 Å². The fourth-order valence-electron chi connectivity index (χ4n) is 7.68. The number of carbonyl (C=O) groups is 2. The summed E-state index contributed by atoms with van der Waals surface area (Å²) < 4.78 is 33.3. The molecule has 66 heavy (non-hydrogen) atoms. The summed E-state index contributed by atoms with van der Waals surface area (Å²) in [5.41, 5.74) is 0. The van der Waals surface area contributed by atoms with Gasteiger partial charge in [-0.05, 0) is 51.4 Å². The van der Waals surface area contributed by atoms with Gasteiger partial charge in [0.15, 0.2) is 18.7 Å². The van der Waals surface area contributed by atoms with Gasteiger partial charge in [-0.15, -0.1) is 0 Å². The maximum atomic E-state index is 12.9. The quantitative estimate of drug-likeness (QED) is 0.0112. The Morgan fingerprint density at radius 2 is 1.02 bits per heavy atom. The van der Waals surface area contributed by atoms with Crippen molar-refractivity contribution in [2.75, 3.05) is 26.4 Å². The average Bonchev–Trinajstić information content (AvgIpc) is 3.31. The number of aliphatic hydroxyl groups excluding tert-OH is 7. The number of allylic oxidation sites excluding steroid dienone is 7. The van der Waals surface area contributed by atoms with E-state index in [4.69, 9.17) is 28.4 Å². The largest absolute Gasteiger partial charge is 0.462 e. The molecule has 7 N–H and O–H groups in total. The van der Waals surface area contributed by atoms with Crippen LogP contribution >= 0.6 is 0 Å². The number of hydrogen-bond acceptors (Lipinski definition) is 15. The summed E-state index contributed by atoms with van der Waals surface area (Å²) in [6.07, 6.45) is 24.9. The molecule has 0 aromatic rings. The molecule has 382 valence electrons. The van der Waals surface area contributed by atoms with Crippen LogP contribution in [-0.4, -0.2) is 142 Å². The molecular weight excluding hydrogens is 853 g/mol. The lowest BCUT2D eigenvalue weighted by Gasteiger charge is -2.42. The van der Waals surface area contributed by atoms with Gasteiger partial charge >= 0.3 is 11.9 Å². The van der Waals surface area contributed by atoms with Gasteiger partial charge in [-0.25, -0.2) is 4.79 Å². The van der Waals surface area contributed by atoms with E-state index in [0.29, 0.717) is 6.42 Å². The molecule has 4 unspecified atom stereocenters. The Bertz CT molecular complexity index is 1340. The summed E-state index contributed by atoms with van der Waals surface area (Å²) in [6, 6.07) is 0. The highest BCUT2D eigenvalue weighted by Gasteiger charge is 2.47. The van der Waals surface area contributed by atoms with Crippen LogP contribution < -0.4 is 0 Å². The molecule has 15 heteroatoms. The monoisotopic (exact) mass is 941 g/mol. The van der Waals surface area contributed by atoms with E-state index in [-0.39, 0.29) is 13.0 Å². The number of aliphatic hydroxyl groups is 7. The molecule has 0 saturated carbocycles. The molecule has 2 fully saturated rings. The maximum absolute atomic E-state index is 12.9. The Labute approximate surface area is 395 Å². The fraction of sp³-hybridized carbons (Fsp3) is 0.804. The summed E-state index contributed by atoms with van der Waals surface area (Å²) in [4.78, 5) is 25.6. The smallest absolute Gasteiger partial charge is 0.331 e. The second kappa shape index (κ2) is 38.3. The highest BCUT2D eigenvalue weighted by Crippen LogP contribution is 2.26. The van der Waals surface area contributed by atoms with E-state index in [1.807, 2.05) is 6.08 Å². The van der Waals surface area contributed by atoms with Crippen LogP contribution in [0.5, 0.6) is 0 Å². The van der Waals surface area contributed by atoms with Gasteiger partial charge in [-0.1, -0.05) is 153 Å². The molecule has 0 aliphatic carbocycles. The van der Waals surface area contributed by atoms with Crippen LogP contribution in [0.15, 0.2) is 48.6 Å².